The number of carbonyl (C=O) groups excluding carboxylic acids is 1. The summed E-state index contributed by atoms with van der Waals surface area (Å²) in [5.41, 5.74) is 2.73. The van der Waals surface area contributed by atoms with Gasteiger partial charge in [-0.1, -0.05) is 0 Å². The van der Waals surface area contributed by atoms with E-state index in [1.54, 1.807) is 10.0 Å². The van der Waals surface area contributed by atoms with Gasteiger partial charge in [0.25, 0.3) is 0 Å². The first-order valence-electron chi connectivity index (χ1n) is 7.25. The third-order valence-electron chi connectivity index (χ3n) is 4.04. The van der Waals surface area contributed by atoms with Gasteiger partial charge < -0.3 is 0 Å². The molecular weight excluding hydrogens is 461 g/mol. The molecule has 1 aliphatic heterocycles. The smallest absolute Gasteiger partial charge is 0.235 e. The summed E-state index contributed by atoms with van der Waals surface area (Å²) in [5.74, 6) is -0.0795. The van der Waals surface area contributed by atoms with Crippen molar-refractivity contribution < 1.29 is 13.2 Å². The van der Waals surface area contributed by atoms with E-state index in [-0.39, 0.29) is 18.0 Å². The summed E-state index contributed by atoms with van der Waals surface area (Å²) in [4.78, 5) is 12.2. The minimum absolute atomic E-state index is 0.165. The van der Waals surface area contributed by atoms with Gasteiger partial charge in [0.05, 0.1) is 28.7 Å². The van der Waals surface area contributed by atoms with Crippen molar-refractivity contribution in [2.24, 2.45) is 0 Å². The number of fused-ring (bicyclic) bond motifs is 1. The van der Waals surface area contributed by atoms with Crippen LogP contribution in [0.15, 0.2) is 18.2 Å². The molecule has 0 amide bonds. The number of rotatable bonds is 4. The van der Waals surface area contributed by atoms with Gasteiger partial charge in [0.15, 0.2) is 5.78 Å². The molecule has 1 aliphatic rings. The Morgan fingerprint density at radius 3 is 2.75 bits per heavy atom. The normalized spacial score (nSPS) is 16.5. The summed E-state index contributed by atoms with van der Waals surface area (Å²) in [6.07, 6.45) is 0.438. The number of aryl methyl sites for hydroxylation is 1. The number of sulfonamides is 1. The number of nitrogens with zero attached hydrogens (tertiary/aromatic N) is 3. The molecule has 24 heavy (non-hydrogen) atoms. The lowest BCUT2D eigenvalue weighted by molar-refractivity contribution is 0.0993. The maximum Gasteiger partial charge on any atom is 0.235 e. The Bertz CT molecular complexity index is 976. The van der Waals surface area contributed by atoms with Crippen LogP contribution in [0, 0.1) is 18.3 Å². The highest BCUT2D eigenvalue weighted by molar-refractivity contribution is 14.2. The zero-order valence-corrected chi connectivity index (χ0v) is 16.6. The first-order chi connectivity index (χ1) is 11.4. The fourth-order valence-electron chi connectivity index (χ4n) is 2.94. The minimum atomic E-state index is -3.26. The van der Waals surface area contributed by atoms with Crippen LogP contribution in [0.2, 0.25) is 0 Å². The second kappa shape index (κ2) is 6.57. The molecule has 2 heterocycles. The molecule has 1 aromatic carbocycles. The van der Waals surface area contributed by atoms with Crippen LogP contribution >= 0.6 is 30.3 Å². The Labute approximate surface area is 156 Å². The van der Waals surface area contributed by atoms with E-state index >= 15 is 0 Å². The number of ketones is 1. The topological polar surface area (TPSA) is 83.2 Å². The van der Waals surface area contributed by atoms with Crippen LogP contribution < -0.4 is 4.31 Å². The third kappa shape index (κ3) is 2.91. The number of Topliss-reactive ketones (excluding diaryl/α,β-unsaturated/α-hetero) is 1. The summed E-state index contributed by atoms with van der Waals surface area (Å²) < 4.78 is 27.7. The number of halogens is 1. The maximum absolute atomic E-state index is 12.2. The average Bonchev–Trinajstić information content (AvgIpc) is 3.05. The van der Waals surface area contributed by atoms with Crippen molar-refractivity contribution in [1.82, 2.24) is 3.97 Å². The first-order valence-corrected chi connectivity index (χ1v) is 12.2. The SMILES string of the molecule is Cc1cc2cc(C(=O)CC#N)n(SI)c2cc1N1CCCS1(=O)=O. The lowest BCUT2D eigenvalue weighted by atomic mass is 10.1. The van der Waals surface area contributed by atoms with Crippen LogP contribution in [0.5, 0.6) is 0 Å². The molecule has 1 aromatic heterocycles. The zero-order chi connectivity index (χ0) is 17.5. The van der Waals surface area contributed by atoms with E-state index in [2.05, 4.69) is 21.2 Å². The van der Waals surface area contributed by atoms with Gasteiger partial charge in [-0.2, -0.15) is 5.26 Å². The lowest BCUT2D eigenvalue weighted by Crippen LogP contribution is -2.25. The number of hydrogen-bond donors (Lipinski definition) is 0. The predicted molar refractivity (Wildman–Crippen MR) is 104 cm³/mol. The van der Waals surface area contributed by atoms with E-state index in [0.29, 0.717) is 24.3 Å². The zero-order valence-electron chi connectivity index (χ0n) is 12.8. The van der Waals surface area contributed by atoms with Crippen LogP contribution in [0.4, 0.5) is 5.69 Å². The van der Waals surface area contributed by atoms with E-state index in [1.165, 1.54) is 13.4 Å². The summed E-state index contributed by atoms with van der Waals surface area (Å²) in [6, 6.07) is 7.35. The molecule has 0 unspecified atom stereocenters. The Hall–Kier alpha value is -1.25. The second-order valence-corrected chi connectivity index (χ2v) is 9.29. The molecule has 0 N–H and O–H groups in total. The van der Waals surface area contributed by atoms with Crippen molar-refractivity contribution in [3.05, 3.63) is 29.5 Å². The van der Waals surface area contributed by atoms with Gasteiger partial charge >= 0.3 is 0 Å². The van der Waals surface area contributed by atoms with Crippen molar-refractivity contribution in [1.29, 1.82) is 5.26 Å². The molecule has 0 saturated carbocycles. The van der Waals surface area contributed by atoms with Gasteiger partial charge in [-0.05, 0) is 37.1 Å². The van der Waals surface area contributed by atoms with Crippen LogP contribution in [0.25, 0.3) is 10.9 Å². The monoisotopic (exact) mass is 475 g/mol. The molecule has 126 valence electrons. The summed E-state index contributed by atoms with van der Waals surface area (Å²) >= 11 is 2.07. The predicted octanol–water partition coefficient (Wildman–Crippen LogP) is 3.43. The van der Waals surface area contributed by atoms with E-state index in [0.717, 1.165) is 16.5 Å². The average molecular weight is 475 g/mol. The maximum atomic E-state index is 12.2. The van der Waals surface area contributed by atoms with Gasteiger partial charge in [0.1, 0.15) is 6.42 Å². The van der Waals surface area contributed by atoms with E-state index < -0.39 is 10.0 Å². The van der Waals surface area contributed by atoms with E-state index in [9.17, 15) is 13.2 Å². The molecule has 1 fully saturated rings. The molecule has 0 aliphatic carbocycles. The summed E-state index contributed by atoms with van der Waals surface area (Å²) in [6.45, 7) is 2.35. The molecule has 0 atom stereocenters. The molecular formula is C15H14IN3O3S2. The summed E-state index contributed by atoms with van der Waals surface area (Å²) in [7, 11) is -1.93. The van der Waals surface area contributed by atoms with Crippen molar-refractivity contribution in [3.8, 4) is 6.07 Å². The van der Waals surface area contributed by atoms with Gasteiger partial charge in [0, 0.05) is 42.3 Å². The molecule has 3 rings (SSSR count). The van der Waals surface area contributed by atoms with Crippen LogP contribution in [0.1, 0.15) is 28.9 Å². The molecule has 0 radical (unpaired) electrons. The van der Waals surface area contributed by atoms with Crippen molar-refractivity contribution in [2.45, 2.75) is 19.8 Å². The van der Waals surface area contributed by atoms with Gasteiger partial charge in [0.2, 0.25) is 10.0 Å². The number of anilines is 1. The van der Waals surface area contributed by atoms with Gasteiger partial charge in [-0.15, -0.1) is 0 Å². The third-order valence-corrected chi connectivity index (χ3v) is 7.61. The minimum Gasteiger partial charge on any atom is -0.291 e. The van der Waals surface area contributed by atoms with Crippen LogP contribution in [-0.4, -0.2) is 30.5 Å². The van der Waals surface area contributed by atoms with Crippen molar-refractivity contribution in [2.75, 3.05) is 16.6 Å². The Morgan fingerprint density at radius 1 is 1.42 bits per heavy atom. The largest absolute Gasteiger partial charge is 0.291 e. The summed E-state index contributed by atoms with van der Waals surface area (Å²) in [5, 5.41) is 9.62. The quantitative estimate of drug-likeness (QED) is 0.500. The highest BCUT2D eigenvalue weighted by atomic mass is 127. The van der Waals surface area contributed by atoms with Gasteiger partial charge in [-0.25, -0.2) is 8.42 Å². The Morgan fingerprint density at radius 2 is 2.17 bits per heavy atom. The molecule has 0 spiro atoms. The lowest BCUT2D eigenvalue weighted by Gasteiger charge is -2.19. The molecule has 9 heteroatoms. The van der Waals surface area contributed by atoms with Gasteiger partial charge in [-0.3, -0.25) is 13.1 Å². The molecule has 2 aromatic rings. The van der Waals surface area contributed by atoms with Crippen molar-refractivity contribution in [3.63, 3.8) is 0 Å². The van der Waals surface area contributed by atoms with Crippen molar-refractivity contribution >= 4 is 62.7 Å². The van der Waals surface area contributed by atoms with Crippen LogP contribution in [0.3, 0.4) is 0 Å². The molecule has 1 saturated heterocycles. The van der Waals surface area contributed by atoms with Crippen LogP contribution in [-0.2, 0) is 10.0 Å². The second-order valence-electron chi connectivity index (χ2n) is 5.59. The highest BCUT2D eigenvalue weighted by Gasteiger charge is 2.30. The van der Waals surface area contributed by atoms with E-state index in [4.69, 9.17) is 5.26 Å². The standard InChI is InChI=1S/C15H14IN3O3S2/c1-10-7-11-8-14(15(20)3-4-17)19(23-16)13(11)9-12(10)18-5-2-6-24(18,21)22/h7-9H,2-3,5-6H2,1H3. The number of hydrogen-bond acceptors (Lipinski definition) is 5. The first kappa shape index (κ1) is 17.6. The molecule has 0 bridgehead atoms. The fraction of sp³-hybridized carbons (Fsp3) is 0.333. The number of benzene rings is 1. The highest BCUT2D eigenvalue weighted by Crippen LogP contribution is 2.36. The number of aromatic nitrogens is 1. The number of nitriles is 1. The Kier molecular flexibility index (Phi) is 4.81. The van der Waals surface area contributed by atoms with E-state index in [1.807, 2.05) is 25.1 Å². The Balaban J connectivity index is 2.20. The molecule has 6 nitrogen and oxygen atoms in total. The number of carbonyl (C=O) groups is 1. The fourth-order valence-corrected chi connectivity index (χ4v) is 6.30.